The average Bonchev–Trinajstić information content (AvgIpc) is 2.75. The third-order valence-corrected chi connectivity index (χ3v) is 2.11. The molecule has 1 N–H and O–H groups in total. The number of likely N-dealkylation sites (N-methyl/N-ethyl adjacent to an activating group) is 1. The van der Waals surface area contributed by atoms with Crippen molar-refractivity contribution in [2.75, 3.05) is 26.7 Å². The number of nitrogens with zero attached hydrogens (tertiary/aromatic N) is 3. The molecular formula is C9H16N4O2. The standard InChI is InChI=1S/C9H16N4O2/c1-3-13(2)9(14)6-10-5-4-8-11-7-15-12-8/h7,10H,3-6H2,1-2H3. The Morgan fingerprint density at radius 2 is 2.47 bits per heavy atom. The molecule has 0 aliphatic rings. The van der Waals surface area contributed by atoms with Crippen LogP contribution in [0.15, 0.2) is 10.9 Å². The van der Waals surface area contributed by atoms with Crippen molar-refractivity contribution in [3.05, 3.63) is 12.2 Å². The summed E-state index contributed by atoms with van der Waals surface area (Å²) in [5.41, 5.74) is 0. The Balaban J connectivity index is 2.09. The molecule has 0 aromatic carbocycles. The van der Waals surface area contributed by atoms with Crippen LogP contribution in [0.1, 0.15) is 12.7 Å². The quantitative estimate of drug-likeness (QED) is 0.654. The van der Waals surface area contributed by atoms with Gasteiger partial charge in [-0.15, -0.1) is 0 Å². The Hall–Kier alpha value is -1.43. The second-order valence-corrected chi connectivity index (χ2v) is 3.18. The first-order chi connectivity index (χ1) is 7.24. The fourth-order valence-electron chi connectivity index (χ4n) is 1.01. The monoisotopic (exact) mass is 212 g/mol. The van der Waals surface area contributed by atoms with Gasteiger partial charge >= 0.3 is 0 Å². The molecule has 1 amide bonds. The number of aromatic nitrogens is 2. The maximum absolute atomic E-state index is 11.3. The molecule has 1 aromatic rings. The highest BCUT2D eigenvalue weighted by atomic mass is 16.5. The van der Waals surface area contributed by atoms with Gasteiger partial charge in [0, 0.05) is 26.6 Å². The lowest BCUT2D eigenvalue weighted by Crippen LogP contribution is -2.36. The van der Waals surface area contributed by atoms with Crippen LogP contribution in [0.2, 0.25) is 0 Å². The number of rotatable bonds is 6. The fraction of sp³-hybridized carbons (Fsp3) is 0.667. The molecule has 0 fully saturated rings. The largest absolute Gasteiger partial charge is 0.345 e. The van der Waals surface area contributed by atoms with Gasteiger partial charge in [-0.3, -0.25) is 4.79 Å². The van der Waals surface area contributed by atoms with Crippen LogP contribution in [0.5, 0.6) is 0 Å². The van der Waals surface area contributed by atoms with E-state index in [1.807, 2.05) is 6.92 Å². The van der Waals surface area contributed by atoms with Gasteiger partial charge in [0.05, 0.1) is 6.54 Å². The van der Waals surface area contributed by atoms with Gasteiger partial charge in [0.1, 0.15) is 0 Å². The molecule has 0 bridgehead atoms. The van der Waals surface area contributed by atoms with Crippen molar-refractivity contribution in [2.24, 2.45) is 0 Å². The molecule has 0 saturated heterocycles. The molecular weight excluding hydrogens is 196 g/mol. The lowest BCUT2D eigenvalue weighted by Gasteiger charge is -2.14. The zero-order valence-electron chi connectivity index (χ0n) is 9.06. The predicted molar refractivity (Wildman–Crippen MR) is 54.2 cm³/mol. The van der Waals surface area contributed by atoms with Crippen LogP contribution in [0.4, 0.5) is 0 Å². The normalized spacial score (nSPS) is 10.3. The van der Waals surface area contributed by atoms with Crippen LogP contribution in [-0.2, 0) is 11.2 Å². The van der Waals surface area contributed by atoms with Crippen LogP contribution in [-0.4, -0.2) is 47.6 Å². The molecule has 6 nitrogen and oxygen atoms in total. The number of carbonyl (C=O) groups is 1. The van der Waals surface area contributed by atoms with Crippen molar-refractivity contribution in [1.82, 2.24) is 20.4 Å². The molecule has 84 valence electrons. The number of nitrogens with one attached hydrogen (secondary N) is 1. The van der Waals surface area contributed by atoms with Gasteiger partial charge in [0.25, 0.3) is 0 Å². The van der Waals surface area contributed by atoms with E-state index < -0.39 is 0 Å². The Kier molecular flexibility index (Phi) is 4.76. The summed E-state index contributed by atoms with van der Waals surface area (Å²) >= 11 is 0. The zero-order chi connectivity index (χ0) is 11.1. The molecule has 6 heteroatoms. The summed E-state index contributed by atoms with van der Waals surface area (Å²) in [6.07, 6.45) is 1.96. The van der Waals surface area contributed by atoms with Gasteiger partial charge in [-0.2, -0.15) is 4.98 Å². The van der Waals surface area contributed by atoms with E-state index in [9.17, 15) is 4.79 Å². The van der Waals surface area contributed by atoms with E-state index in [2.05, 4.69) is 20.0 Å². The van der Waals surface area contributed by atoms with Gasteiger partial charge in [0.15, 0.2) is 5.82 Å². The van der Waals surface area contributed by atoms with Crippen molar-refractivity contribution >= 4 is 5.91 Å². The van der Waals surface area contributed by atoms with Crippen molar-refractivity contribution in [1.29, 1.82) is 0 Å². The Labute approximate surface area is 88.6 Å². The number of hydrogen-bond acceptors (Lipinski definition) is 5. The molecule has 0 aliphatic heterocycles. The first-order valence-electron chi connectivity index (χ1n) is 4.94. The van der Waals surface area contributed by atoms with Crippen molar-refractivity contribution in [2.45, 2.75) is 13.3 Å². The minimum atomic E-state index is 0.0885. The smallest absolute Gasteiger partial charge is 0.236 e. The maximum atomic E-state index is 11.3. The predicted octanol–water partition coefficient (Wildman–Crippen LogP) is -0.320. The Morgan fingerprint density at radius 1 is 1.67 bits per heavy atom. The highest BCUT2D eigenvalue weighted by molar-refractivity contribution is 5.77. The average molecular weight is 212 g/mol. The summed E-state index contributed by atoms with van der Waals surface area (Å²) in [5.74, 6) is 0.740. The molecule has 1 aromatic heterocycles. The Bertz CT molecular complexity index is 286. The Morgan fingerprint density at radius 3 is 3.07 bits per heavy atom. The SMILES string of the molecule is CCN(C)C(=O)CNCCc1ncon1. The van der Waals surface area contributed by atoms with Crippen LogP contribution in [0.25, 0.3) is 0 Å². The van der Waals surface area contributed by atoms with Crippen LogP contribution in [0.3, 0.4) is 0 Å². The summed E-state index contributed by atoms with van der Waals surface area (Å²) < 4.78 is 4.58. The van der Waals surface area contributed by atoms with Crippen molar-refractivity contribution in [3.63, 3.8) is 0 Å². The highest BCUT2D eigenvalue weighted by Gasteiger charge is 2.05. The highest BCUT2D eigenvalue weighted by Crippen LogP contribution is 1.88. The van der Waals surface area contributed by atoms with Crippen LogP contribution in [0, 0.1) is 0 Å². The summed E-state index contributed by atoms with van der Waals surface area (Å²) in [6, 6.07) is 0. The topological polar surface area (TPSA) is 71.3 Å². The summed E-state index contributed by atoms with van der Waals surface area (Å²) in [6.45, 7) is 3.69. The molecule has 15 heavy (non-hydrogen) atoms. The van der Waals surface area contributed by atoms with Crippen LogP contribution >= 0.6 is 0 Å². The van der Waals surface area contributed by atoms with Gasteiger partial charge in [-0.25, -0.2) is 0 Å². The van der Waals surface area contributed by atoms with Crippen molar-refractivity contribution in [3.8, 4) is 0 Å². The third-order valence-electron chi connectivity index (χ3n) is 2.11. The number of carbonyl (C=O) groups excluding carboxylic acids is 1. The molecule has 0 spiro atoms. The molecule has 1 rings (SSSR count). The van der Waals surface area contributed by atoms with E-state index in [-0.39, 0.29) is 5.91 Å². The minimum absolute atomic E-state index is 0.0885. The van der Waals surface area contributed by atoms with Gasteiger partial charge in [-0.05, 0) is 6.92 Å². The second-order valence-electron chi connectivity index (χ2n) is 3.18. The summed E-state index contributed by atoms with van der Waals surface area (Å²) in [5, 5.41) is 6.69. The third kappa shape index (κ3) is 4.07. The van der Waals surface area contributed by atoms with E-state index in [1.165, 1.54) is 6.39 Å². The van der Waals surface area contributed by atoms with E-state index in [0.29, 0.717) is 25.3 Å². The minimum Gasteiger partial charge on any atom is -0.345 e. The summed E-state index contributed by atoms with van der Waals surface area (Å²) in [4.78, 5) is 16.9. The first kappa shape index (κ1) is 11.6. The van der Waals surface area contributed by atoms with Gasteiger partial charge in [-0.1, -0.05) is 5.16 Å². The van der Waals surface area contributed by atoms with Crippen LogP contribution < -0.4 is 5.32 Å². The molecule has 0 aliphatic carbocycles. The van der Waals surface area contributed by atoms with E-state index >= 15 is 0 Å². The maximum Gasteiger partial charge on any atom is 0.236 e. The summed E-state index contributed by atoms with van der Waals surface area (Å²) in [7, 11) is 1.78. The lowest BCUT2D eigenvalue weighted by atomic mass is 10.4. The van der Waals surface area contributed by atoms with Crippen molar-refractivity contribution < 1.29 is 9.32 Å². The van der Waals surface area contributed by atoms with E-state index in [0.717, 1.165) is 6.54 Å². The fourth-order valence-corrected chi connectivity index (χ4v) is 1.01. The zero-order valence-corrected chi connectivity index (χ0v) is 9.06. The second kappa shape index (κ2) is 6.13. The molecule has 0 saturated carbocycles. The van der Waals surface area contributed by atoms with E-state index in [4.69, 9.17) is 0 Å². The van der Waals surface area contributed by atoms with E-state index in [1.54, 1.807) is 11.9 Å². The first-order valence-corrected chi connectivity index (χ1v) is 4.94. The lowest BCUT2D eigenvalue weighted by molar-refractivity contribution is -0.128. The number of hydrogen-bond donors (Lipinski definition) is 1. The molecule has 0 unspecified atom stereocenters. The van der Waals surface area contributed by atoms with Gasteiger partial charge in [0.2, 0.25) is 12.3 Å². The molecule has 1 heterocycles. The number of amides is 1. The molecule has 0 radical (unpaired) electrons. The van der Waals surface area contributed by atoms with Gasteiger partial charge < -0.3 is 14.7 Å². The molecule has 0 atom stereocenters.